The normalized spacial score (nSPS) is 23.9. The molecule has 1 aliphatic carbocycles. The van der Waals surface area contributed by atoms with Gasteiger partial charge in [0.15, 0.2) is 5.76 Å². The van der Waals surface area contributed by atoms with Crippen molar-refractivity contribution in [1.29, 1.82) is 0 Å². The number of nitrogens with two attached hydrogens (primary N) is 1. The molecule has 0 spiro atoms. The summed E-state index contributed by atoms with van der Waals surface area (Å²) in [5.41, 5.74) is 7.13. The van der Waals surface area contributed by atoms with Crippen molar-refractivity contribution in [2.45, 2.75) is 38.0 Å². The molecule has 1 saturated carbocycles. The van der Waals surface area contributed by atoms with Gasteiger partial charge in [0.25, 0.3) is 0 Å². The van der Waals surface area contributed by atoms with E-state index in [1.165, 1.54) is 12.1 Å². The maximum atomic E-state index is 12.9. The second-order valence-electron chi connectivity index (χ2n) is 6.14. The molecule has 1 aliphatic rings. The van der Waals surface area contributed by atoms with Gasteiger partial charge in [-0.25, -0.2) is 4.39 Å². The molecule has 6 nitrogen and oxygen atoms in total. The third kappa shape index (κ3) is 3.80. The van der Waals surface area contributed by atoms with Crippen LogP contribution in [0.25, 0.3) is 11.3 Å². The van der Waals surface area contributed by atoms with E-state index in [1.807, 2.05) is 0 Å². The van der Waals surface area contributed by atoms with Crippen molar-refractivity contribution in [3.05, 3.63) is 41.9 Å². The Labute approximate surface area is 138 Å². The van der Waals surface area contributed by atoms with Crippen LogP contribution in [-0.4, -0.2) is 28.3 Å². The smallest absolute Gasteiger partial charge is 0.223 e. The van der Waals surface area contributed by atoms with Gasteiger partial charge in [-0.2, -0.15) is 0 Å². The van der Waals surface area contributed by atoms with Crippen molar-refractivity contribution in [3.8, 4) is 11.3 Å². The van der Waals surface area contributed by atoms with E-state index in [9.17, 15) is 14.3 Å². The molecule has 0 bridgehead atoms. The minimum absolute atomic E-state index is 0.0999. The minimum atomic E-state index is -0.526. The number of aliphatic hydroxyl groups excluding tert-OH is 1. The molecule has 1 heterocycles. The summed E-state index contributed by atoms with van der Waals surface area (Å²) in [6.07, 6.45) is 1.11. The van der Waals surface area contributed by atoms with Crippen LogP contribution >= 0.6 is 0 Å². The lowest BCUT2D eigenvalue weighted by Gasteiger charge is -2.29. The monoisotopic (exact) mass is 333 g/mol. The van der Waals surface area contributed by atoms with Crippen molar-refractivity contribution in [1.82, 2.24) is 10.5 Å². The number of hydrogen-bond acceptors (Lipinski definition) is 5. The van der Waals surface area contributed by atoms with Gasteiger partial charge in [-0.3, -0.25) is 4.79 Å². The van der Waals surface area contributed by atoms with Crippen molar-refractivity contribution < 1.29 is 18.8 Å². The molecule has 0 radical (unpaired) electrons. The Balaban J connectivity index is 1.55. The third-order valence-electron chi connectivity index (χ3n) is 4.37. The third-order valence-corrected chi connectivity index (χ3v) is 4.37. The van der Waals surface area contributed by atoms with Crippen LogP contribution in [0.1, 0.15) is 25.0 Å². The number of aromatic nitrogens is 1. The van der Waals surface area contributed by atoms with E-state index in [0.717, 1.165) is 5.56 Å². The van der Waals surface area contributed by atoms with E-state index in [-0.39, 0.29) is 30.2 Å². The van der Waals surface area contributed by atoms with E-state index in [2.05, 4.69) is 10.5 Å². The number of benzene rings is 1. The highest BCUT2D eigenvalue weighted by atomic mass is 19.1. The molecule has 0 aliphatic heterocycles. The quantitative estimate of drug-likeness (QED) is 0.789. The maximum Gasteiger partial charge on any atom is 0.223 e. The van der Waals surface area contributed by atoms with Crippen LogP contribution < -0.4 is 11.1 Å². The van der Waals surface area contributed by atoms with Crippen molar-refractivity contribution in [2.24, 2.45) is 11.7 Å². The lowest BCUT2D eigenvalue weighted by atomic mass is 9.84. The van der Waals surface area contributed by atoms with Crippen molar-refractivity contribution in [2.75, 3.05) is 0 Å². The van der Waals surface area contributed by atoms with Crippen LogP contribution in [0.3, 0.4) is 0 Å². The molecule has 1 amide bonds. The molecule has 24 heavy (non-hydrogen) atoms. The number of nitrogens with zero attached hydrogens (tertiary/aromatic N) is 1. The second kappa shape index (κ2) is 7.11. The number of halogens is 1. The summed E-state index contributed by atoms with van der Waals surface area (Å²) in [7, 11) is 0. The summed E-state index contributed by atoms with van der Waals surface area (Å²) in [4.78, 5) is 12.2. The van der Waals surface area contributed by atoms with Gasteiger partial charge in [-0.05, 0) is 43.5 Å². The molecule has 1 fully saturated rings. The number of carbonyl (C=O) groups is 1. The lowest BCUT2D eigenvalue weighted by Crippen LogP contribution is -2.44. The van der Waals surface area contributed by atoms with Gasteiger partial charge < -0.3 is 20.7 Å². The zero-order chi connectivity index (χ0) is 17.1. The summed E-state index contributed by atoms with van der Waals surface area (Å²) >= 11 is 0. The predicted molar refractivity (Wildman–Crippen MR) is 85.1 cm³/mol. The fourth-order valence-electron chi connectivity index (χ4n) is 2.90. The van der Waals surface area contributed by atoms with Gasteiger partial charge in [0.05, 0.1) is 12.6 Å². The van der Waals surface area contributed by atoms with E-state index >= 15 is 0 Å². The number of carbonyl (C=O) groups excluding carboxylic acids is 1. The number of aliphatic hydroxyl groups is 1. The Bertz CT molecular complexity index is 701. The van der Waals surface area contributed by atoms with E-state index in [1.54, 1.807) is 18.2 Å². The molecular weight excluding hydrogens is 313 g/mol. The first-order valence-electron chi connectivity index (χ1n) is 7.96. The predicted octanol–water partition coefficient (Wildman–Crippen LogP) is 1.59. The van der Waals surface area contributed by atoms with Gasteiger partial charge in [0.2, 0.25) is 5.91 Å². The van der Waals surface area contributed by atoms with E-state index in [0.29, 0.717) is 30.7 Å². The molecule has 4 N–H and O–H groups in total. The molecule has 0 unspecified atom stereocenters. The summed E-state index contributed by atoms with van der Waals surface area (Å²) < 4.78 is 18.1. The zero-order valence-electron chi connectivity index (χ0n) is 13.1. The van der Waals surface area contributed by atoms with Crippen LogP contribution in [-0.2, 0) is 11.3 Å². The van der Waals surface area contributed by atoms with Crippen LogP contribution in [0.4, 0.5) is 4.39 Å². The van der Waals surface area contributed by atoms with Crippen molar-refractivity contribution in [3.63, 3.8) is 0 Å². The molecule has 3 rings (SSSR count). The van der Waals surface area contributed by atoms with Gasteiger partial charge in [-0.1, -0.05) is 5.16 Å². The molecule has 128 valence electrons. The van der Waals surface area contributed by atoms with Gasteiger partial charge in [0.1, 0.15) is 11.5 Å². The number of amides is 1. The highest BCUT2D eigenvalue weighted by Gasteiger charge is 2.30. The highest BCUT2D eigenvalue weighted by Crippen LogP contribution is 2.24. The molecular formula is C17H20FN3O3. The Hall–Kier alpha value is -2.25. The summed E-state index contributed by atoms with van der Waals surface area (Å²) in [6.45, 7) is 0.224. The van der Waals surface area contributed by atoms with E-state index < -0.39 is 6.10 Å². The highest BCUT2D eigenvalue weighted by molar-refractivity contribution is 5.78. The van der Waals surface area contributed by atoms with Crippen LogP contribution in [0, 0.1) is 11.7 Å². The second-order valence-corrected chi connectivity index (χ2v) is 6.14. The summed E-state index contributed by atoms with van der Waals surface area (Å²) in [6, 6.07) is 7.29. The molecule has 1 aromatic carbocycles. The van der Waals surface area contributed by atoms with E-state index in [4.69, 9.17) is 10.3 Å². The fourth-order valence-corrected chi connectivity index (χ4v) is 2.90. The minimum Gasteiger partial charge on any atom is -0.392 e. The molecule has 2 aromatic rings. The van der Waals surface area contributed by atoms with Crippen LogP contribution in [0.2, 0.25) is 0 Å². The summed E-state index contributed by atoms with van der Waals surface area (Å²) in [5.74, 6) is -0.0895. The van der Waals surface area contributed by atoms with Gasteiger partial charge in [0, 0.05) is 23.6 Å². The Morgan fingerprint density at radius 2 is 2.12 bits per heavy atom. The molecule has 0 saturated heterocycles. The largest absolute Gasteiger partial charge is 0.392 e. The number of nitrogens with one attached hydrogen (secondary N) is 1. The number of rotatable bonds is 4. The first kappa shape index (κ1) is 16.6. The topological polar surface area (TPSA) is 101 Å². The van der Waals surface area contributed by atoms with Crippen LogP contribution in [0.5, 0.6) is 0 Å². The Kier molecular flexibility index (Phi) is 4.92. The number of hydrogen-bond donors (Lipinski definition) is 3. The lowest BCUT2D eigenvalue weighted by molar-refractivity contribution is -0.127. The standard InChI is InChI=1S/C17H20FN3O3/c18-12-4-1-10(2-5-12)15-8-13(24-21-15)9-20-17(23)11-3-6-16(22)14(19)7-11/h1-2,4-5,8,11,14,16,22H,3,6-7,9,19H2,(H,20,23)/t11-,14+,16+/m0/s1. The fraction of sp³-hybridized carbons (Fsp3) is 0.412. The van der Waals surface area contributed by atoms with Gasteiger partial charge >= 0.3 is 0 Å². The molecule has 3 atom stereocenters. The average molecular weight is 333 g/mol. The van der Waals surface area contributed by atoms with Gasteiger partial charge in [-0.15, -0.1) is 0 Å². The molecule has 1 aromatic heterocycles. The SMILES string of the molecule is N[C@@H]1C[C@@H](C(=O)NCc2cc(-c3ccc(F)cc3)no2)CC[C@H]1O. The first-order valence-corrected chi connectivity index (χ1v) is 7.96. The average Bonchev–Trinajstić information content (AvgIpc) is 3.05. The summed E-state index contributed by atoms with van der Waals surface area (Å²) in [5, 5.41) is 16.3. The van der Waals surface area contributed by atoms with Crippen LogP contribution in [0.15, 0.2) is 34.9 Å². The van der Waals surface area contributed by atoms with Crippen molar-refractivity contribution >= 4 is 5.91 Å². The maximum absolute atomic E-state index is 12.9. The Morgan fingerprint density at radius 1 is 1.38 bits per heavy atom. The zero-order valence-corrected chi connectivity index (χ0v) is 13.1. The first-order chi connectivity index (χ1) is 11.5. The molecule has 7 heteroatoms. The Morgan fingerprint density at radius 3 is 2.83 bits per heavy atom.